The lowest BCUT2D eigenvalue weighted by molar-refractivity contribution is -0.147. The van der Waals surface area contributed by atoms with E-state index in [0.717, 1.165) is 10.6 Å². The summed E-state index contributed by atoms with van der Waals surface area (Å²) < 4.78 is 5.63. The Balaban J connectivity index is 2.54. The summed E-state index contributed by atoms with van der Waals surface area (Å²) in [4.78, 5) is 12.0. The Bertz CT molecular complexity index is 388. The Labute approximate surface area is 106 Å². The fourth-order valence-electron chi connectivity index (χ4n) is 1.26. The van der Waals surface area contributed by atoms with Crippen LogP contribution in [0.5, 0.6) is 5.75 Å². The Kier molecular flexibility index (Phi) is 4.87. The summed E-state index contributed by atoms with van der Waals surface area (Å²) >= 11 is 1.62. The van der Waals surface area contributed by atoms with Crippen LogP contribution in [0.25, 0.3) is 0 Å². The van der Waals surface area contributed by atoms with Crippen molar-refractivity contribution in [3.63, 3.8) is 0 Å². The quantitative estimate of drug-likeness (QED) is 0.791. The van der Waals surface area contributed by atoms with Crippen molar-refractivity contribution in [2.75, 3.05) is 12.9 Å². The maximum Gasteiger partial charge on any atom is 0.309 e. The molecule has 0 amide bonds. The molecule has 0 radical (unpaired) electrons. The Morgan fingerprint density at radius 3 is 2.65 bits per heavy atom. The van der Waals surface area contributed by atoms with Gasteiger partial charge in [0, 0.05) is 4.90 Å². The number of aliphatic carboxylic acids is 1. The lowest BCUT2D eigenvalue weighted by Crippen LogP contribution is -2.25. The molecule has 0 bridgehead atoms. The minimum atomic E-state index is -0.792. The predicted octanol–water partition coefficient (Wildman–Crippen LogP) is 3.29. The molecule has 0 aliphatic carbocycles. The van der Waals surface area contributed by atoms with Gasteiger partial charge in [0.15, 0.2) is 0 Å². The number of hydrogen-bond acceptors (Lipinski definition) is 3. The van der Waals surface area contributed by atoms with Crippen molar-refractivity contribution >= 4 is 17.7 Å². The first kappa shape index (κ1) is 13.9. The third-order valence-electron chi connectivity index (χ3n) is 2.63. The van der Waals surface area contributed by atoms with Crippen molar-refractivity contribution in [2.24, 2.45) is 5.41 Å². The van der Waals surface area contributed by atoms with Crippen molar-refractivity contribution in [2.45, 2.75) is 25.2 Å². The van der Waals surface area contributed by atoms with Gasteiger partial charge in [-0.25, -0.2) is 0 Å². The van der Waals surface area contributed by atoms with Gasteiger partial charge in [-0.2, -0.15) is 0 Å². The van der Waals surface area contributed by atoms with Crippen LogP contribution >= 0.6 is 11.8 Å². The van der Waals surface area contributed by atoms with Crippen LogP contribution in [-0.4, -0.2) is 23.9 Å². The molecule has 3 nitrogen and oxygen atoms in total. The zero-order valence-corrected chi connectivity index (χ0v) is 11.2. The average Bonchev–Trinajstić information content (AvgIpc) is 2.29. The number of carbonyl (C=O) groups is 1. The summed E-state index contributed by atoms with van der Waals surface area (Å²) in [5.74, 6) is 0.0282. The molecular weight excluding hydrogens is 236 g/mol. The summed E-state index contributed by atoms with van der Waals surface area (Å²) in [6.07, 6.45) is 2.48. The van der Waals surface area contributed by atoms with E-state index in [1.54, 1.807) is 25.6 Å². The van der Waals surface area contributed by atoms with Crippen molar-refractivity contribution in [3.05, 3.63) is 24.3 Å². The molecule has 94 valence electrons. The van der Waals surface area contributed by atoms with E-state index in [-0.39, 0.29) is 0 Å². The first-order valence-electron chi connectivity index (χ1n) is 5.46. The second-order valence-corrected chi connectivity index (χ2v) is 5.29. The average molecular weight is 254 g/mol. The molecule has 0 spiro atoms. The summed E-state index contributed by atoms with van der Waals surface area (Å²) in [5, 5.41) is 8.98. The van der Waals surface area contributed by atoms with Crippen LogP contribution in [0.4, 0.5) is 0 Å². The molecule has 0 unspecified atom stereocenters. The highest BCUT2D eigenvalue weighted by atomic mass is 32.2. The molecule has 1 N–H and O–H groups in total. The molecule has 0 saturated heterocycles. The van der Waals surface area contributed by atoms with Gasteiger partial charge in [0.1, 0.15) is 5.75 Å². The standard InChI is InChI=1S/C13H18O3S/c1-13(2,12(14)15)8-9-16-10-6-4-5-7-11(10)17-3/h4-7H,8-9H2,1-3H3,(H,14,15). The van der Waals surface area contributed by atoms with Gasteiger partial charge in [-0.3, -0.25) is 4.79 Å². The van der Waals surface area contributed by atoms with Crippen LogP contribution in [0.1, 0.15) is 20.3 Å². The maximum absolute atomic E-state index is 10.9. The second-order valence-electron chi connectivity index (χ2n) is 4.44. The Hall–Kier alpha value is -1.16. The summed E-state index contributed by atoms with van der Waals surface area (Å²) in [5.41, 5.74) is -0.742. The number of carboxylic acids is 1. The highest BCUT2D eigenvalue weighted by Crippen LogP contribution is 2.28. The van der Waals surface area contributed by atoms with Gasteiger partial charge in [0.25, 0.3) is 0 Å². The lowest BCUT2D eigenvalue weighted by Gasteiger charge is -2.19. The molecular formula is C13H18O3S. The number of thioether (sulfide) groups is 1. The van der Waals surface area contributed by atoms with E-state index < -0.39 is 11.4 Å². The monoisotopic (exact) mass is 254 g/mol. The van der Waals surface area contributed by atoms with Crippen LogP contribution in [0.3, 0.4) is 0 Å². The molecule has 0 aliphatic rings. The number of rotatable bonds is 6. The van der Waals surface area contributed by atoms with Crippen LogP contribution in [0.15, 0.2) is 29.2 Å². The van der Waals surface area contributed by atoms with Crippen LogP contribution in [0, 0.1) is 5.41 Å². The van der Waals surface area contributed by atoms with E-state index in [0.29, 0.717) is 13.0 Å². The molecule has 4 heteroatoms. The van der Waals surface area contributed by atoms with Crippen molar-refractivity contribution in [3.8, 4) is 5.75 Å². The molecule has 1 rings (SSSR count). The van der Waals surface area contributed by atoms with Crippen molar-refractivity contribution in [1.82, 2.24) is 0 Å². The fourth-order valence-corrected chi connectivity index (χ4v) is 1.80. The molecule has 0 fully saturated rings. The SMILES string of the molecule is CSc1ccccc1OCCC(C)(C)C(=O)O. The van der Waals surface area contributed by atoms with Crippen LogP contribution in [-0.2, 0) is 4.79 Å². The normalized spacial score (nSPS) is 11.2. The van der Waals surface area contributed by atoms with Gasteiger partial charge in [-0.05, 0) is 38.7 Å². The predicted molar refractivity (Wildman–Crippen MR) is 69.8 cm³/mol. The molecule has 0 aliphatic heterocycles. The fraction of sp³-hybridized carbons (Fsp3) is 0.462. The number of para-hydroxylation sites is 1. The Morgan fingerprint density at radius 1 is 1.41 bits per heavy atom. The van der Waals surface area contributed by atoms with E-state index in [1.807, 2.05) is 30.5 Å². The van der Waals surface area contributed by atoms with Gasteiger partial charge in [0.2, 0.25) is 0 Å². The van der Waals surface area contributed by atoms with E-state index in [4.69, 9.17) is 9.84 Å². The topological polar surface area (TPSA) is 46.5 Å². The van der Waals surface area contributed by atoms with Crippen molar-refractivity contribution < 1.29 is 14.6 Å². The molecule has 1 aromatic rings. The van der Waals surface area contributed by atoms with E-state index in [9.17, 15) is 4.79 Å². The molecule has 0 saturated carbocycles. The van der Waals surface area contributed by atoms with Crippen molar-refractivity contribution in [1.29, 1.82) is 0 Å². The van der Waals surface area contributed by atoms with Gasteiger partial charge < -0.3 is 9.84 Å². The number of hydrogen-bond donors (Lipinski definition) is 1. The molecule has 0 heterocycles. The maximum atomic E-state index is 10.9. The highest BCUT2D eigenvalue weighted by Gasteiger charge is 2.26. The van der Waals surface area contributed by atoms with Crippen LogP contribution in [0.2, 0.25) is 0 Å². The summed E-state index contributed by atoms with van der Waals surface area (Å²) in [6, 6.07) is 7.76. The zero-order chi connectivity index (χ0) is 12.9. The van der Waals surface area contributed by atoms with E-state index >= 15 is 0 Å². The van der Waals surface area contributed by atoms with E-state index in [1.165, 1.54) is 0 Å². The van der Waals surface area contributed by atoms with Crippen LogP contribution < -0.4 is 4.74 Å². The first-order chi connectivity index (χ1) is 7.97. The number of carboxylic acid groups (broad SMARTS) is 1. The van der Waals surface area contributed by atoms with Gasteiger partial charge in [-0.15, -0.1) is 11.8 Å². The zero-order valence-electron chi connectivity index (χ0n) is 10.4. The lowest BCUT2D eigenvalue weighted by atomic mass is 9.90. The third-order valence-corrected chi connectivity index (χ3v) is 3.41. The number of benzene rings is 1. The molecule has 17 heavy (non-hydrogen) atoms. The summed E-state index contributed by atoms with van der Waals surface area (Å²) in [7, 11) is 0. The largest absolute Gasteiger partial charge is 0.492 e. The minimum absolute atomic E-state index is 0.414. The molecule has 0 aromatic heterocycles. The minimum Gasteiger partial charge on any atom is -0.492 e. The third kappa shape index (κ3) is 3.97. The highest BCUT2D eigenvalue weighted by molar-refractivity contribution is 7.98. The summed E-state index contributed by atoms with van der Waals surface area (Å²) in [6.45, 7) is 3.83. The molecule has 1 aromatic carbocycles. The van der Waals surface area contributed by atoms with Gasteiger partial charge in [0.05, 0.1) is 12.0 Å². The Morgan fingerprint density at radius 2 is 2.06 bits per heavy atom. The van der Waals surface area contributed by atoms with E-state index in [2.05, 4.69) is 0 Å². The first-order valence-corrected chi connectivity index (χ1v) is 6.69. The van der Waals surface area contributed by atoms with Gasteiger partial charge in [-0.1, -0.05) is 12.1 Å². The molecule has 0 atom stereocenters. The van der Waals surface area contributed by atoms with Gasteiger partial charge >= 0.3 is 5.97 Å². The number of ether oxygens (including phenoxy) is 1. The second kappa shape index (κ2) is 5.96. The smallest absolute Gasteiger partial charge is 0.309 e.